The Bertz CT molecular complexity index is 191. The van der Waals surface area contributed by atoms with E-state index in [0.29, 0.717) is 0 Å². The first-order valence-corrected chi connectivity index (χ1v) is 7.20. The molecule has 0 spiro atoms. The molecule has 1 rings (SSSR count). The maximum atomic E-state index is 10.1. The summed E-state index contributed by atoms with van der Waals surface area (Å²) in [5.41, 5.74) is 0. The first-order valence-electron chi connectivity index (χ1n) is 7.20. The fraction of sp³-hybridized carbons (Fsp3) is 1.00. The van der Waals surface area contributed by atoms with Crippen LogP contribution in [0, 0.1) is 5.92 Å². The summed E-state index contributed by atoms with van der Waals surface area (Å²) in [6.45, 7) is 9.62. The van der Waals surface area contributed by atoms with Crippen LogP contribution >= 0.6 is 0 Å². The molecule has 0 aliphatic carbocycles. The van der Waals surface area contributed by atoms with Gasteiger partial charge in [-0.05, 0) is 51.9 Å². The summed E-state index contributed by atoms with van der Waals surface area (Å²) in [7, 11) is 2.11. The standard InChI is InChI=1S/C14H30N2O/c1-4-5-8-15(3)11-14(17)12-16-9-6-13(2)7-10-16/h13-14,17H,4-12H2,1-3H3. The predicted molar refractivity (Wildman–Crippen MR) is 73.2 cm³/mol. The molecule has 3 heteroatoms. The zero-order chi connectivity index (χ0) is 12.7. The number of piperidine rings is 1. The lowest BCUT2D eigenvalue weighted by Crippen LogP contribution is -2.42. The smallest absolute Gasteiger partial charge is 0.0793 e. The second kappa shape index (κ2) is 8.06. The summed E-state index contributed by atoms with van der Waals surface area (Å²) in [6, 6.07) is 0. The van der Waals surface area contributed by atoms with Gasteiger partial charge in [-0.1, -0.05) is 20.3 Å². The fourth-order valence-corrected chi connectivity index (χ4v) is 2.48. The number of aliphatic hydroxyl groups is 1. The molecule has 1 fully saturated rings. The van der Waals surface area contributed by atoms with Gasteiger partial charge in [0, 0.05) is 13.1 Å². The van der Waals surface area contributed by atoms with Crippen molar-refractivity contribution in [2.45, 2.75) is 45.6 Å². The predicted octanol–water partition coefficient (Wildman–Crippen LogP) is 1.81. The molecule has 102 valence electrons. The molecule has 0 bridgehead atoms. The molecule has 0 aromatic carbocycles. The van der Waals surface area contributed by atoms with Crippen molar-refractivity contribution in [2.24, 2.45) is 5.92 Å². The summed E-state index contributed by atoms with van der Waals surface area (Å²) >= 11 is 0. The van der Waals surface area contributed by atoms with E-state index in [9.17, 15) is 5.11 Å². The van der Waals surface area contributed by atoms with Crippen LogP contribution in [-0.4, -0.2) is 60.8 Å². The van der Waals surface area contributed by atoms with Crippen molar-refractivity contribution in [3.05, 3.63) is 0 Å². The van der Waals surface area contributed by atoms with E-state index in [2.05, 4.69) is 30.7 Å². The molecule has 0 radical (unpaired) electrons. The number of β-amino-alcohol motifs (C(OH)–C–C–N with tert-alkyl or cyclic N) is 1. The molecule has 1 N–H and O–H groups in total. The van der Waals surface area contributed by atoms with Gasteiger partial charge < -0.3 is 14.9 Å². The zero-order valence-corrected chi connectivity index (χ0v) is 11.9. The maximum Gasteiger partial charge on any atom is 0.0793 e. The second-order valence-corrected chi connectivity index (χ2v) is 5.75. The maximum absolute atomic E-state index is 10.1. The monoisotopic (exact) mass is 242 g/mol. The van der Waals surface area contributed by atoms with E-state index >= 15 is 0 Å². The Labute approximate surface area is 107 Å². The Morgan fingerprint density at radius 2 is 2.00 bits per heavy atom. The third-order valence-electron chi connectivity index (χ3n) is 3.76. The topological polar surface area (TPSA) is 26.7 Å². The van der Waals surface area contributed by atoms with Gasteiger partial charge in [-0.25, -0.2) is 0 Å². The minimum Gasteiger partial charge on any atom is -0.390 e. The minimum absolute atomic E-state index is 0.190. The molecule has 0 aromatic rings. The summed E-state index contributed by atoms with van der Waals surface area (Å²) in [5.74, 6) is 0.871. The summed E-state index contributed by atoms with van der Waals surface area (Å²) < 4.78 is 0. The number of likely N-dealkylation sites (tertiary alicyclic amines) is 1. The number of aliphatic hydroxyl groups excluding tert-OH is 1. The average molecular weight is 242 g/mol. The molecule has 3 nitrogen and oxygen atoms in total. The number of nitrogens with zero attached hydrogens (tertiary/aromatic N) is 2. The first-order chi connectivity index (χ1) is 8.11. The van der Waals surface area contributed by atoms with Crippen LogP contribution in [0.25, 0.3) is 0 Å². The Hall–Kier alpha value is -0.120. The second-order valence-electron chi connectivity index (χ2n) is 5.75. The molecule has 0 amide bonds. The Morgan fingerprint density at radius 3 is 2.59 bits per heavy atom. The molecule has 17 heavy (non-hydrogen) atoms. The molecule has 1 heterocycles. The van der Waals surface area contributed by atoms with Gasteiger partial charge in [0.05, 0.1) is 6.10 Å². The van der Waals surface area contributed by atoms with Crippen LogP contribution in [0.3, 0.4) is 0 Å². The highest BCUT2D eigenvalue weighted by Gasteiger charge is 2.18. The SMILES string of the molecule is CCCCN(C)CC(O)CN1CCC(C)CC1. The zero-order valence-electron chi connectivity index (χ0n) is 11.9. The Morgan fingerprint density at radius 1 is 1.35 bits per heavy atom. The lowest BCUT2D eigenvalue weighted by molar-refractivity contribution is 0.0676. The largest absolute Gasteiger partial charge is 0.390 e. The quantitative estimate of drug-likeness (QED) is 0.737. The van der Waals surface area contributed by atoms with Crippen molar-refractivity contribution in [1.29, 1.82) is 0 Å². The van der Waals surface area contributed by atoms with Gasteiger partial charge >= 0.3 is 0 Å². The molecule has 1 aliphatic heterocycles. The van der Waals surface area contributed by atoms with Crippen molar-refractivity contribution in [1.82, 2.24) is 9.80 Å². The van der Waals surface area contributed by atoms with Crippen LogP contribution < -0.4 is 0 Å². The fourth-order valence-electron chi connectivity index (χ4n) is 2.48. The molecule has 0 aromatic heterocycles. The molecule has 1 atom stereocenters. The minimum atomic E-state index is -0.190. The van der Waals surface area contributed by atoms with E-state index in [1.165, 1.54) is 25.7 Å². The summed E-state index contributed by atoms with van der Waals surface area (Å²) in [6.07, 6.45) is 4.84. The van der Waals surface area contributed by atoms with Gasteiger partial charge in [-0.3, -0.25) is 0 Å². The van der Waals surface area contributed by atoms with Crippen molar-refractivity contribution in [3.63, 3.8) is 0 Å². The van der Waals surface area contributed by atoms with Gasteiger partial charge in [0.25, 0.3) is 0 Å². The van der Waals surface area contributed by atoms with Crippen LogP contribution in [0.4, 0.5) is 0 Å². The molecule has 1 aliphatic rings. The van der Waals surface area contributed by atoms with E-state index < -0.39 is 0 Å². The average Bonchev–Trinajstić information content (AvgIpc) is 2.29. The molecular weight excluding hydrogens is 212 g/mol. The van der Waals surface area contributed by atoms with E-state index in [1.807, 2.05) is 0 Å². The lowest BCUT2D eigenvalue weighted by atomic mass is 9.99. The highest BCUT2D eigenvalue weighted by atomic mass is 16.3. The van der Waals surface area contributed by atoms with Gasteiger partial charge in [0.2, 0.25) is 0 Å². The summed E-state index contributed by atoms with van der Waals surface area (Å²) in [4.78, 5) is 4.67. The summed E-state index contributed by atoms with van der Waals surface area (Å²) in [5, 5.41) is 10.1. The number of hydrogen-bond acceptors (Lipinski definition) is 3. The normalized spacial score (nSPS) is 21.0. The number of likely N-dealkylation sites (N-methyl/N-ethyl adjacent to an activating group) is 1. The van der Waals surface area contributed by atoms with Crippen molar-refractivity contribution in [2.75, 3.05) is 39.8 Å². The first kappa shape index (κ1) is 14.9. The van der Waals surface area contributed by atoms with Gasteiger partial charge in [0.15, 0.2) is 0 Å². The molecule has 0 saturated carbocycles. The molecular formula is C14H30N2O. The van der Waals surface area contributed by atoms with Crippen LogP contribution in [0.15, 0.2) is 0 Å². The van der Waals surface area contributed by atoms with Crippen LogP contribution in [0.2, 0.25) is 0 Å². The van der Waals surface area contributed by atoms with E-state index in [-0.39, 0.29) is 6.10 Å². The molecule has 1 saturated heterocycles. The number of rotatable bonds is 7. The number of unbranched alkanes of at least 4 members (excludes halogenated alkanes) is 1. The van der Waals surface area contributed by atoms with E-state index in [0.717, 1.165) is 38.6 Å². The van der Waals surface area contributed by atoms with Gasteiger partial charge in [-0.2, -0.15) is 0 Å². The van der Waals surface area contributed by atoms with Crippen molar-refractivity contribution >= 4 is 0 Å². The Kier molecular flexibility index (Phi) is 7.09. The van der Waals surface area contributed by atoms with Crippen LogP contribution in [0.5, 0.6) is 0 Å². The van der Waals surface area contributed by atoms with E-state index in [4.69, 9.17) is 0 Å². The lowest BCUT2D eigenvalue weighted by Gasteiger charge is -2.32. The number of hydrogen-bond donors (Lipinski definition) is 1. The van der Waals surface area contributed by atoms with Crippen LogP contribution in [-0.2, 0) is 0 Å². The Balaban J connectivity index is 2.13. The van der Waals surface area contributed by atoms with Gasteiger partial charge in [0.1, 0.15) is 0 Å². The third-order valence-corrected chi connectivity index (χ3v) is 3.76. The third kappa shape index (κ3) is 6.39. The van der Waals surface area contributed by atoms with Crippen molar-refractivity contribution < 1.29 is 5.11 Å². The van der Waals surface area contributed by atoms with Crippen molar-refractivity contribution in [3.8, 4) is 0 Å². The van der Waals surface area contributed by atoms with Crippen LogP contribution in [0.1, 0.15) is 39.5 Å². The highest BCUT2D eigenvalue weighted by molar-refractivity contribution is 4.73. The molecule has 1 unspecified atom stereocenters. The highest BCUT2D eigenvalue weighted by Crippen LogP contribution is 2.15. The van der Waals surface area contributed by atoms with E-state index in [1.54, 1.807) is 0 Å². The van der Waals surface area contributed by atoms with Gasteiger partial charge in [-0.15, -0.1) is 0 Å².